The van der Waals surface area contributed by atoms with Gasteiger partial charge in [-0.05, 0) is 13.3 Å². The van der Waals surface area contributed by atoms with Gasteiger partial charge in [0.25, 0.3) is 0 Å². The van der Waals surface area contributed by atoms with Gasteiger partial charge in [0.15, 0.2) is 5.13 Å². The van der Waals surface area contributed by atoms with Gasteiger partial charge in [-0.3, -0.25) is 0 Å². The van der Waals surface area contributed by atoms with E-state index in [1.54, 1.807) is 11.3 Å². The van der Waals surface area contributed by atoms with Crippen LogP contribution in [0.3, 0.4) is 0 Å². The van der Waals surface area contributed by atoms with Crippen molar-refractivity contribution in [3.8, 4) is 0 Å². The van der Waals surface area contributed by atoms with Gasteiger partial charge in [-0.25, -0.2) is 9.97 Å². The van der Waals surface area contributed by atoms with Gasteiger partial charge >= 0.3 is 0 Å². The summed E-state index contributed by atoms with van der Waals surface area (Å²) in [6.45, 7) is 4.21. The number of nitrogens with one attached hydrogen (secondary N) is 1. The maximum Gasteiger partial charge on any atom is 0.184 e. The van der Waals surface area contributed by atoms with E-state index < -0.39 is 0 Å². The molecule has 0 aromatic carbocycles. The van der Waals surface area contributed by atoms with E-state index in [-0.39, 0.29) is 6.04 Å². The average Bonchev–Trinajstić information content (AvgIpc) is 2.87. The third kappa shape index (κ3) is 2.72. The molecule has 86 valence electrons. The SMILES string of the molecule is CCc1cnc(C(C)Nc2nc(Cl)cs2)s1. The summed E-state index contributed by atoms with van der Waals surface area (Å²) in [4.78, 5) is 9.85. The van der Waals surface area contributed by atoms with Crippen molar-refractivity contribution in [3.63, 3.8) is 0 Å². The van der Waals surface area contributed by atoms with Crippen LogP contribution in [0.4, 0.5) is 5.13 Å². The minimum Gasteiger partial charge on any atom is -0.353 e. The number of aromatic nitrogens is 2. The second-order valence-electron chi connectivity index (χ2n) is 3.36. The number of thiazole rings is 2. The number of aryl methyl sites for hydroxylation is 1. The molecule has 0 spiro atoms. The van der Waals surface area contributed by atoms with E-state index in [0.717, 1.165) is 16.6 Å². The molecule has 2 aromatic rings. The Morgan fingerprint density at radius 1 is 1.56 bits per heavy atom. The summed E-state index contributed by atoms with van der Waals surface area (Å²) in [6.07, 6.45) is 2.97. The molecule has 2 heterocycles. The van der Waals surface area contributed by atoms with Crippen LogP contribution in [-0.4, -0.2) is 9.97 Å². The lowest BCUT2D eigenvalue weighted by atomic mass is 10.4. The van der Waals surface area contributed by atoms with Crippen LogP contribution in [-0.2, 0) is 6.42 Å². The largest absolute Gasteiger partial charge is 0.353 e. The lowest BCUT2D eigenvalue weighted by Crippen LogP contribution is -2.05. The number of hydrogen-bond donors (Lipinski definition) is 1. The molecule has 0 bridgehead atoms. The highest BCUT2D eigenvalue weighted by atomic mass is 35.5. The quantitative estimate of drug-likeness (QED) is 0.915. The second-order valence-corrected chi connectivity index (χ2v) is 5.75. The smallest absolute Gasteiger partial charge is 0.184 e. The minimum atomic E-state index is 0.174. The first-order valence-corrected chi connectivity index (χ1v) is 7.08. The zero-order valence-electron chi connectivity index (χ0n) is 9.03. The molecule has 0 radical (unpaired) electrons. The van der Waals surface area contributed by atoms with Gasteiger partial charge in [-0.15, -0.1) is 22.7 Å². The first-order valence-electron chi connectivity index (χ1n) is 5.01. The molecule has 1 N–H and O–H groups in total. The van der Waals surface area contributed by atoms with Crippen LogP contribution in [0.5, 0.6) is 0 Å². The predicted molar refractivity (Wildman–Crippen MR) is 70.7 cm³/mol. The van der Waals surface area contributed by atoms with Crippen LogP contribution in [0.15, 0.2) is 11.6 Å². The van der Waals surface area contributed by atoms with Crippen molar-refractivity contribution in [3.05, 3.63) is 26.6 Å². The van der Waals surface area contributed by atoms with E-state index in [2.05, 4.69) is 29.1 Å². The number of anilines is 1. The molecule has 0 saturated carbocycles. The summed E-state index contributed by atoms with van der Waals surface area (Å²) < 4.78 is 0. The summed E-state index contributed by atoms with van der Waals surface area (Å²) in [5.74, 6) is 0. The van der Waals surface area contributed by atoms with Crippen molar-refractivity contribution in [2.24, 2.45) is 0 Å². The third-order valence-electron chi connectivity index (χ3n) is 2.11. The number of nitrogens with zero attached hydrogens (tertiary/aromatic N) is 2. The van der Waals surface area contributed by atoms with Crippen molar-refractivity contribution >= 4 is 39.4 Å². The maximum absolute atomic E-state index is 5.76. The summed E-state index contributed by atoms with van der Waals surface area (Å²) in [5.41, 5.74) is 0. The molecular weight excluding hydrogens is 262 g/mol. The van der Waals surface area contributed by atoms with E-state index >= 15 is 0 Å². The number of rotatable bonds is 4. The zero-order valence-corrected chi connectivity index (χ0v) is 11.4. The fourth-order valence-corrected chi connectivity index (χ4v) is 3.04. The topological polar surface area (TPSA) is 37.8 Å². The molecule has 0 aliphatic carbocycles. The van der Waals surface area contributed by atoms with Crippen LogP contribution in [0.2, 0.25) is 5.15 Å². The molecule has 0 fully saturated rings. The van der Waals surface area contributed by atoms with Crippen molar-refractivity contribution < 1.29 is 0 Å². The van der Waals surface area contributed by atoms with Crippen LogP contribution < -0.4 is 5.32 Å². The van der Waals surface area contributed by atoms with E-state index in [0.29, 0.717) is 5.15 Å². The monoisotopic (exact) mass is 273 g/mol. The van der Waals surface area contributed by atoms with Crippen LogP contribution in [0, 0.1) is 0 Å². The standard InChI is InChI=1S/C10H12ClN3S2/c1-3-7-4-12-9(16-7)6(2)13-10-14-8(11)5-15-10/h4-6H,3H2,1-2H3,(H,13,14). The molecule has 0 amide bonds. The van der Waals surface area contributed by atoms with Gasteiger partial charge in [0.2, 0.25) is 0 Å². The number of hydrogen-bond acceptors (Lipinski definition) is 5. The minimum absolute atomic E-state index is 0.174. The molecule has 16 heavy (non-hydrogen) atoms. The van der Waals surface area contributed by atoms with E-state index in [1.807, 2.05) is 11.6 Å². The first kappa shape index (κ1) is 11.8. The fourth-order valence-electron chi connectivity index (χ4n) is 1.25. The summed E-state index contributed by atoms with van der Waals surface area (Å²) in [7, 11) is 0. The van der Waals surface area contributed by atoms with Gasteiger partial charge in [-0.1, -0.05) is 18.5 Å². The Morgan fingerprint density at radius 3 is 2.94 bits per heavy atom. The molecule has 0 saturated heterocycles. The molecule has 6 heteroatoms. The Bertz CT molecular complexity index is 466. The molecule has 1 unspecified atom stereocenters. The Morgan fingerprint density at radius 2 is 2.38 bits per heavy atom. The zero-order chi connectivity index (χ0) is 11.5. The Hall–Kier alpha value is -0.650. The van der Waals surface area contributed by atoms with Crippen molar-refractivity contribution in [1.82, 2.24) is 9.97 Å². The van der Waals surface area contributed by atoms with Crippen molar-refractivity contribution in [1.29, 1.82) is 0 Å². The Balaban J connectivity index is 2.05. The summed E-state index contributed by atoms with van der Waals surface area (Å²) in [5, 5.41) is 7.56. The van der Waals surface area contributed by atoms with Crippen molar-refractivity contribution in [2.45, 2.75) is 26.3 Å². The van der Waals surface area contributed by atoms with Gasteiger partial charge in [0.1, 0.15) is 10.2 Å². The highest BCUT2D eigenvalue weighted by Crippen LogP contribution is 2.26. The van der Waals surface area contributed by atoms with Crippen molar-refractivity contribution in [2.75, 3.05) is 5.32 Å². The molecule has 3 nitrogen and oxygen atoms in total. The molecule has 1 atom stereocenters. The predicted octanol–water partition coefficient (Wildman–Crippen LogP) is 3.99. The Labute approximate surface area is 108 Å². The lowest BCUT2D eigenvalue weighted by molar-refractivity contribution is 0.867. The molecular formula is C10H12ClN3S2. The van der Waals surface area contributed by atoms with E-state index in [9.17, 15) is 0 Å². The second kappa shape index (κ2) is 5.12. The van der Waals surface area contributed by atoms with Crippen LogP contribution in [0.1, 0.15) is 29.8 Å². The fraction of sp³-hybridized carbons (Fsp3) is 0.400. The van der Waals surface area contributed by atoms with Crippen LogP contribution >= 0.6 is 34.3 Å². The lowest BCUT2D eigenvalue weighted by Gasteiger charge is -2.08. The Kier molecular flexibility index (Phi) is 3.78. The molecule has 0 aliphatic heterocycles. The molecule has 2 rings (SSSR count). The summed E-state index contributed by atoms with van der Waals surface area (Å²) >= 11 is 9.01. The first-order chi connectivity index (χ1) is 7.69. The average molecular weight is 274 g/mol. The maximum atomic E-state index is 5.76. The summed E-state index contributed by atoms with van der Waals surface area (Å²) in [6, 6.07) is 0.174. The van der Waals surface area contributed by atoms with Gasteiger partial charge < -0.3 is 5.32 Å². The van der Waals surface area contributed by atoms with Gasteiger partial charge in [0, 0.05) is 16.5 Å². The molecule has 2 aromatic heterocycles. The highest BCUT2D eigenvalue weighted by Gasteiger charge is 2.11. The van der Waals surface area contributed by atoms with E-state index in [4.69, 9.17) is 11.6 Å². The number of halogens is 1. The van der Waals surface area contributed by atoms with E-state index in [1.165, 1.54) is 16.2 Å². The molecule has 0 aliphatic rings. The van der Waals surface area contributed by atoms with Crippen LogP contribution in [0.25, 0.3) is 0 Å². The normalized spacial score (nSPS) is 12.7. The third-order valence-corrected chi connectivity index (χ3v) is 4.53. The highest BCUT2D eigenvalue weighted by molar-refractivity contribution is 7.14. The van der Waals surface area contributed by atoms with Gasteiger partial charge in [0.05, 0.1) is 6.04 Å². The van der Waals surface area contributed by atoms with Gasteiger partial charge in [-0.2, -0.15) is 0 Å².